The highest BCUT2D eigenvalue weighted by atomic mass is 14.3. The highest BCUT2D eigenvalue weighted by Gasteiger charge is 2.31. The molecule has 11 aromatic rings. The van der Waals surface area contributed by atoms with Gasteiger partial charge >= 0.3 is 0 Å². The number of fused-ring (bicyclic) bond motifs is 13. The first-order valence-corrected chi connectivity index (χ1v) is 24.0. The van der Waals surface area contributed by atoms with E-state index in [0.717, 1.165) is 0 Å². The molecule has 0 bridgehead atoms. The summed E-state index contributed by atoms with van der Waals surface area (Å²) >= 11 is 0. The van der Waals surface area contributed by atoms with Crippen molar-refractivity contribution >= 4 is 64.6 Å². The molecule has 0 saturated heterocycles. The summed E-state index contributed by atoms with van der Waals surface area (Å²) in [4.78, 5) is 0. The van der Waals surface area contributed by atoms with Gasteiger partial charge in [0.05, 0.1) is 0 Å². The summed E-state index contributed by atoms with van der Waals surface area (Å²) in [6.07, 6.45) is 10.6. The molecule has 0 nitrogen and oxygen atoms in total. The Hall–Kier alpha value is -7.02. The number of rotatable bonds is 4. The minimum Gasteiger partial charge on any atom is -0.0616 e. The van der Waals surface area contributed by atoms with Crippen molar-refractivity contribution in [2.45, 2.75) is 63.2 Å². The Labute approximate surface area is 373 Å². The minimum absolute atomic E-state index is 0.654. The fraction of sp³-hybridized carbons (Fsp3) is 0.156. The molecule has 2 fully saturated rings. The van der Waals surface area contributed by atoms with Crippen LogP contribution >= 0.6 is 0 Å². The molecular formula is C64H46. The van der Waals surface area contributed by atoms with Crippen LogP contribution in [0.5, 0.6) is 0 Å². The Morgan fingerprint density at radius 1 is 0.266 bits per heavy atom. The van der Waals surface area contributed by atoms with Crippen LogP contribution in [0.4, 0.5) is 0 Å². The molecule has 0 heteroatoms. The second-order valence-corrected chi connectivity index (χ2v) is 19.6. The SMILES string of the molecule is c1cc(-c2c3c(cc4c2ccc2c5cc6c(c(-c7ccc(C8CCCC8)cc7)c5ccc42)-c2cc4ccccc4c4cccc-6c24)-c2cccc4cccc-3c24)cc(C2CCCC2)c1. The average molecular weight is 815 g/mol. The Bertz CT molecular complexity index is 3830. The quantitative estimate of drug-likeness (QED) is 0.155. The van der Waals surface area contributed by atoms with Crippen molar-refractivity contribution in [1.82, 2.24) is 0 Å². The smallest absolute Gasteiger partial charge is 0.00134 e. The van der Waals surface area contributed by atoms with Gasteiger partial charge in [0.2, 0.25) is 0 Å². The van der Waals surface area contributed by atoms with Crippen LogP contribution in [0.15, 0.2) is 170 Å². The van der Waals surface area contributed by atoms with E-state index in [2.05, 4.69) is 170 Å². The molecule has 302 valence electrons. The summed E-state index contributed by atoms with van der Waals surface area (Å²) in [6, 6.07) is 66.7. The minimum atomic E-state index is 0.654. The predicted octanol–water partition coefficient (Wildman–Crippen LogP) is 18.5. The summed E-state index contributed by atoms with van der Waals surface area (Å²) in [5.41, 5.74) is 19.3. The molecule has 4 aliphatic rings. The lowest BCUT2D eigenvalue weighted by Crippen LogP contribution is -1.95. The Kier molecular flexibility index (Phi) is 7.34. The zero-order valence-corrected chi connectivity index (χ0v) is 36.0. The van der Waals surface area contributed by atoms with Crippen LogP contribution < -0.4 is 0 Å². The number of hydrogen-bond acceptors (Lipinski definition) is 0. The molecule has 0 unspecified atom stereocenters. The van der Waals surface area contributed by atoms with Gasteiger partial charge in [-0.25, -0.2) is 0 Å². The van der Waals surface area contributed by atoms with Crippen molar-refractivity contribution in [1.29, 1.82) is 0 Å². The zero-order chi connectivity index (χ0) is 41.6. The molecule has 2 saturated carbocycles. The molecule has 0 aliphatic heterocycles. The maximum atomic E-state index is 2.56. The first-order valence-electron chi connectivity index (χ1n) is 24.0. The molecule has 0 heterocycles. The lowest BCUT2D eigenvalue weighted by Gasteiger charge is -2.20. The third-order valence-corrected chi connectivity index (χ3v) is 16.4. The molecule has 0 amide bonds. The lowest BCUT2D eigenvalue weighted by molar-refractivity contribution is 0.723. The predicted molar refractivity (Wildman–Crippen MR) is 274 cm³/mol. The molecule has 15 rings (SSSR count). The van der Waals surface area contributed by atoms with E-state index in [0.29, 0.717) is 11.8 Å². The van der Waals surface area contributed by atoms with Gasteiger partial charge in [-0.1, -0.05) is 177 Å². The molecule has 4 aliphatic carbocycles. The third-order valence-electron chi connectivity index (χ3n) is 16.4. The second-order valence-electron chi connectivity index (χ2n) is 19.6. The van der Waals surface area contributed by atoms with Gasteiger partial charge in [0.25, 0.3) is 0 Å². The molecule has 11 aromatic carbocycles. The maximum absolute atomic E-state index is 2.56. The van der Waals surface area contributed by atoms with Gasteiger partial charge in [0.15, 0.2) is 0 Å². The summed E-state index contributed by atoms with van der Waals surface area (Å²) in [7, 11) is 0. The van der Waals surface area contributed by atoms with Crippen molar-refractivity contribution < 1.29 is 0 Å². The molecular weight excluding hydrogens is 769 g/mol. The Balaban J connectivity index is 1.04. The third kappa shape index (κ3) is 4.84. The van der Waals surface area contributed by atoms with Crippen molar-refractivity contribution in [2.75, 3.05) is 0 Å². The van der Waals surface area contributed by atoms with Crippen molar-refractivity contribution in [2.24, 2.45) is 0 Å². The number of hydrogen-bond donors (Lipinski definition) is 0. The van der Waals surface area contributed by atoms with E-state index >= 15 is 0 Å². The van der Waals surface area contributed by atoms with Crippen molar-refractivity contribution in [3.8, 4) is 66.8 Å². The summed E-state index contributed by atoms with van der Waals surface area (Å²) in [5.74, 6) is 1.34. The van der Waals surface area contributed by atoms with Gasteiger partial charge in [-0.15, -0.1) is 0 Å². The number of benzene rings is 11. The van der Waals surface area contributed by atoms with Crippen LogP contribution in [-0.4, -0.2) is 0 Å². The average Bonchev–Trinajstić information content (AvgIpc) is 4.19. The van der Waals surface area contributed by atoms with Crippen molar-refractivity contribution in [3.63, 3.8) is 0 Å². The van der Waals surface area contributed by atoms with Gasteiger partial charge in [0.1, 0.15) is 0 Å². The fourth-order valence-corrected chi connectivity index (χ4v) is 13.5. The topological polar surface area (TPSA) is 0 Å². The van der Waals surface area contributed by atoms with Crippen LogP contribution in [0.25, 0.3) is 131 Å². The van der Waals surface area contributed by atoms with Crippen LogP contribution in [0, 0.1) is 0 Å². The van der Waals surface area contributed by atoms with Crippen LogP contribution in [0.2, 0.25) is 0 Å². The van der Waals surface area contributed by atoms with Crippen LogP contribution in [-0.2, 0) is 0 Å². The van der Waals surface area contributed by atoms with E-state index in [4.69, 9.17) is 0 Å². The van der Waals surface area contributed by atoms with Crippen LogP contribution in [0.1, 0.15) is 74.3 Å². The summed E-state index contributed by atoms with van der Waals surface area (Å²) in [5, 5.41) is 16.1. The van der Waals surface area contributed by atoms with Gasteiger partial charge in [-0.2, -0.15) is 0 Å². The van der Waals surface area contributed by atoms with E-state index in [1.807, 2.05) is 0 Å². The maximum Gasteiger partial charge on any atom is -0.00134 e. The molecule has 0 atom stereocenters. The van der Waals surface area contributed by atoms with Gasteiger partial charge in [-0.05, 0) is 198 Å². The first-order chi connectivity index (χ1) is 31.7. The van der Waals surface area contributed by atoms with Gasteiger partial charge in [0, 0.05) is 0 Å². The summed E-state index contributed by atoms with van der Waals surface area (Å²) < 4.78 is 0. The molecule has 0 aromatic heterocycles. The highest BCUT2D eigenvalue weighted by molar-refractivity contribution is 6.32. The van der Waals surface area contributed by atoms with E-state index in [1.54, 1.807) is 0 Å². The molecule has 0 N–H and O–H groups in total. The molecule has 0 spiro atoms. The van der Waals surface area contributed by atoms with E-state index in [-0.39, 0.29) is 0 Å². The Morgan fingerprint density at radius 2 is 0.812 bits per heavy atom. The highest BCUT2D eigenvalue weighted by Crippen LogP contribution is 2.58. The Morgan fingerprint density at radius 3 is 1.53 bits per heavy atom. The normalized spacial score (nSPS) is 15.5. The van der Waals surface area contributed by atoms with Gasteiger partial charge < -0.3 is 0 Å². The van der Waals surface area contributed by atoms with Crippen LogP contribution in [0.3, 0.4) is 0 Å². The molecule has 0 radical (unpaired) electrons. The monoisotopic (exact) mass is 814 g/mol. The van der Waals surface area contributed by atoms with E-state index < -0.39 is 0 Å². The largest absolute Gasteiger partial charge is 0.0616 e. The first kappa shape index (κ1) is 35.4. The summed E-state index contributed by atoms with van der Waals surface area (Å²) in [6.45, 7) is 0. The standard InChI is InChI=1S/C64H46/c1-2-12-37(11-1)39-25-27-41(28-26-39)60-51-31-29-47-46(54(51)36-57-50-23-10-22-48-45-20-6-5-15-43(45)34-58(62(48)50)64(57)60)30-32-52-55(47)35-56-49-21-8-16-40-17-9-24-53(59(40)49)63(56)61(52)44-19-7-18-42(33-44)38-13-3-4-14-38/h5-10,15-38H,1-4,11-14H2. The van der Waals surface area contributed by atoms with Crippen molar-refractivity contribution in [3.05, 3.63) is 181 Å². The molecule has 64 heavy (non-hydrogen) atoms. The lowest BCUT2D eigenvalue weighted by atomic mass is 9.83. The van der Waals surface area contributed by atoms with Gasteiger partial charge in [-0.3, -0.25) is 0 Å². The fourth-order valence-electron chi connectivity index (χ4n) is 13.5. The van der Waals surface area contributed by atoms with E-state index in [1.165, 1.54) is 194 Å². The van der Waals surface area contributed by atoms with E-state index in [9.17, 15) is 0 Å². The zero-order valence-electron chi connectivity index (χ0n) is 36.0. The second kappa shape index (κ2) is 13.3.